The minimum atomic E-state index is 0.752. The van der Waals surface area contributed by atoms with Crippen LogP contribution in [0.15, 0.2) is 0 Å². The van der Waals surface area contributed by atoms with Crippen molar-refractivity contribution in [3.05, 3.63) is 0 Å². The van der Waals surface area contributed by atoms with Gasteiger partial charge in [-0.05, 0) is 31.1 Å². The van der Waals surface area contributed by atoms with E-state index in [-0.39, 0.29) is 0 Å². The van der Waals surface area contributed by atoms with Gasteiger partial charge in [-0.3, -0.25) is 0 Å². The fourth-order valence-electron chi connectivity index (χ4n) is 2.60. The smallest absolute Gasteiger partial charge is 0.0591 e. The van der Waals surface area contributed by atoms with Gasteiger partial charge in [-0.2, -0.15) is 0 Å². The average Bonchev–Trinajstić information content (AvgIpc) is 2.33. The van der Waals surface area contributed by atoms with E-state index in [0.29, 0.717) is 0 Å². The zero-order chi connectivity index (χ0) is 12.5. The topological polar surface area (TPSA) is 21.3 Å². The van der Waals surface area contributed by atoms with Gasteiger partial charge in [0.1, 0.15) is 0 Å². The third kappa shape index (κ3) is 7.05. The van der Waals surface area contributed by atoms with E-state index in [1.165, 1.54) is 38.5 Å². The Morgan fingerprint density at radius 1 is 1.24 bits per heavy atom. The lowest BCUT2D eigenvalue weighted by molar-refractivity contribution is 0.120. The molecule has 0 aromatic carbocycles. The highest BCUT2D eigenvalue weighted by Gasteiger charge is 2.19. The third-order valence-corrected chi connectivity index (χ3v) is 3.88. The molecule has 1 aliphatic rings. The van der Waals surface area contributed by atoms with Gasteiger partial charge in [-0.1, -0.05) is 40.0 Å². The first-order valence-corrected chi connectivity index (χ1v) is 7.53. The van der Waals surface area contributed by atoms with Gasteiger partial charge in [0, 0.05) is 19.2 Å². The van der Waals surface area contributed by atoms with Gasteiger partial charge >= 0.3 is 0 Å². The Balaban J connectivity index is 1.95. The van der Waals surface area contributed by atoms with Crippen LogP contribution in [-0.4, -0.2) is 25.8 Å². The molecular formula is C15H31NO. The van der Waals surface area contributed by atoms with Gasteiger partial charge in [-0.25, -0.2) is 0 Å². The Kier molecular flexibility index (Phi) is 7.87. The van der Waals surface area contributed by atoms with Crippen molar-refractivity contribution in [1.29, 1.82) is 0 Å². The summed E-state index contributed by atoms with van der Waals surface area (Å²) in [5.41, 5.74) is 0. The molecule has 0 amide bonds. The molecule has 0 heterocycles. The SMILES string of the molecule is CCC1CCCC(NCCOCCC(C)C)C1. The van der Waals surface area contributed by atoms with Gasteiger partial charge in [0.05, 0.1) is 6.61 Å². The molecule has 1 fully saturated rings. The summed E-state index contributed by atoms with van der Waals surface area (Å²) in [6.45, 7) is 9.63. The Morgan fingerprint density at radius 2 is 2.06 bits per heavy atom. The van der Waals surface area contributed by atoms with E-state index in [0.717, 1.165) is 37.6 Å². The molecule has 0 bridgehead atoms. The second-order valence-corrected chi connectivity index (χ2v) is 5.89. The molecule has 1 aliphatic carbocycles. The summed E-state index contributed by atoms with van der Waals surface area (Å²) in [6, 6.07) is 0.752. The molecule has 1 saturated carbocycles. The van der Waals surface area contributed by atoms with Crippen LogP contribution in [0.4, 0.5) is 0 Å². The van der Waals surface area contributed by atoms with Gasteiger partial charge in [-0.15, -0.1) is 0 Å². The summed E-state index contributed by atoms with van der Waals surface area (Å²) in [4.78, 5) is 0. The Morgan fingerprint density at radius 3 is 2.76 bits per heavy atom. The molecule has 2 atom stereocenters. The zero-order valence-corrected chi connectivity index (χ0v) is 12.0. The third-order valence-electron chi connectivity index (χ3n) is 3.88. The van der Waals surface area contributed by atoms with E-state index < -0.39 is 0 Å². The summed E-state index contributed by atoms with van der Waals surface area (Å²) in [5, 5.41) is 3.65. The van der Waals surface area contributed by atoms with E-state index in [2.05, 4.69) is 26.1 Å². The number of hydrogen-bond acceptors (Lipinski definition) is 2. The first-order valence-electron chi connectivity index (χ1n) is 7.53. The fourth-order valence-corrected chi connectivity index (χ4v) is 2.60. The minimum Gasteiger partial charge on any atom is -0.380 e. The van der Waals surface area contributed by atoms with Crippen LogP contribution in [0.1, 0.15) is 59.3 Å². The zero-order valence-electron chi connectivity index (χ0n) is 12.0. The summed E-state index contributed by atoms with van der Waals surface area (Å²) >= 11 is 0. The molecule has 0 spiro atoms. The van der Waals surface area contributed by atoms with Crippen molar-refractivity contribution in [2.75, 3.05) is 19.8 Å². The molecule has 102 valence electrons. The average molecular weight is 241 g/mol. The normalized spacial score (nSPS) is 25.4. The Hall–Kier alpha value is -0.0800. The maximum absolute atomic E-state index is 5.63. The predicted molar refractivity (Wildman–Crippen MR) is 74.3 cm³/mol. The number of hydrogen-bond donors (Lipinski definition) is 1. The van der Waals surface area contributed by atoms with E-state index in [4.69, 9.17) is 4.74 Å². The van der Waals surface area contributed by atoms with E-state index in [9.17, 15) is 0 Å². The molecule has 0 saturated heterocycles. The molecule has 2 unspecified atom stereocenters. The molecule has 17 heavy (non-hydrogen) atoms. The van der Waals surface area contributed by atoms with Crippen molar-refractivity contribution >= 4 is 0 Å². The van der Waals surface area contributed by atoms with Crippen LogP contribution >= 0.6 is 0 Å². The highest BCUT2D eigenvalue weighted by atomic mass is 16.5. The maximum atomic E-state index is 5.63. The molecule has 1 N–H and O–H groups in total. The quantitative estimate of drug-likeness (QED) is 0.656. The van der Waals surface area contributed by atoms with Crippen LogP contribution in [0.2, 0.25) is 0 Å². The fraction of sp³-hybridized carbons (Fsp3) is 1.00. The van der Waals surface area contributed by atoms with Crippen LogP contribution in [0, 0.1) is 11.8 Å². The molecule has 1 rings (SSSR count). The van der Waals surface area contributed by atoms with Gasteiger partial charge in [0.25, 0.3) is 0 Å². The predicted octanol–water partition coefficient (Wildman–Crippen LogP) is 3.61. The van der Waals surface area contributed by atoms with E-state index in [1.54, 1.807) is 0 Å². The van der Waals surface area contributed by atoms with Crippen LogP contribution in [0.3, 0.4) is 0 Å². The molecule has 0 aromatic heterocycles. The van der Waals surface area contributed by atoms with Gasteiger partial charge in [0.2, 0.25) is 0 Å². The van der Waals surface area contributed by atoms with Crippen LogP contribution in [-0.2, 0) is 4.74 Å². The molecular weight excluding hydrogens is 210 g/mol. The Bertz CT molecular complexity index is 182. The number of rotatable bonds is 8. The lowest BCUT2D eigenvalue weighted by Gasteiger charge is -2.29. The van der Waals surface area contributed by atoms with Gasteiger partial charge in [0.15, 0.2) is 0 Å². The van der Waals surface area contributed by atoms with Crippen molar-refractivity contribution < 1.29 is 4.74 Å². The molecule has 0 aromatic rings. The van der Waals surface area contributed by atoms with E-state index in [1.807, 2.05) is 0 Å². The van der Waals surface area contributed by atoms with Crippen LogP contribution in [0.25, 0.3) is 0 Å². The number of ether oxygens (including phenoxy) is 1. The second kappa shape index (κ2) is 8.93. The van der Waals surface area contributed by atoms with Crippen molar-refractivity contribution in [1.82, 2.24) is 5.32 Å². The highest BCUT2D eigenvalue weighted by molar-refractivity contribution is 4.77. The van der Waals surface area contributed by atoms with Gasteiger partial charge < -0.3 is 10.1 Å². The Labute approximate surface area is 108 Å². The second-order valence-electron chi connectivity index (χ2n) is 5.89. The minimum absolute atomic E-state index is 0.752. The summed E-state index contributed by atoms with van der Waals surface area (Å²) < 4.78 is 5.63. The number of nitrogens with one attached hydrogen (secondary N) is 1. The van der Waals surface area contributed by atoms with Crippen LogP contribution < -0.4 is 5.32 Å². The maximum Gasteiger partial charge on any atom is 0.0591 e. The first-order chi connectivity index (χ1) is 8.22. The summed E-state index contributed by atoms with van der Waals surface area (Å²) in [5.74, 6) is 1.72. The first kappa shape index (κ1) is 15.0. The molecule has 2 heteroatoms. The lowest BCUT2D eigenvalue weighted by atomic mass is 9.84. The summed E-state index contributed by atoms with van der Waals surface area (Å²) in [7, 11) is 0. The summed E-state index contributed by atoms with van der Waals surface area (Å²) in [6.07, 6.45) is 8.12. The van der Waals surface area contributed by atoms with Crippen molar-refractivity contribution in [3.8, 4) is 0 Å². The highest BCUT2D eigenvalue weighted by Crippen LogP contribution is 2.26. The monoisotopic (exact) mass is 241 g/mol. The van der Waals surface area contributed by atoms with Crippen LogP contribution in [0.5, 0.6) is 0 Å². The van der Waals surface area contributed by atoms with E-state index >= 15 is 0 Å². The molecule has 0 radical (unpaired) electrons. The lowest BCUT2D eigenvalue weighted by Crippen LogP contribution is -2.36. The molecule has 0 aliphatic heterocycles. The standard InChI is InChI=1S/C15H31NO/c1-4-14-6-5-7-15(12-14)16-9-11-17-10-8-13(2)3/h13-16H,4-12H2,1-3H3. The van der Waals surface area contributed by atoms with Crippen molar-refractivity contribution in [2.45, 2.75) is 65.3 Å². The molecule has 2 nitrogen and oxygen atoms in total. The largest absolute Gasteiger partial charge is 0.380 e. The van der Waals surface area contributed by atoms with Crippen molar-refractivity contribution in [2.24, 2.45) is 11.8 Å². The van der Waals surface area contributed by atoms with Crippen molar-refractivity contribution in [3.63, 3.8) is 0 Å².